The van der Waals surface area contributed by atoms with Crippen LogP contribution in [0.1, 0.15) is 0 Å². The minimum absolute atomic E-state index is 0.524. The van der Waals surface area contributed by atoms with Gasteiger partial charge in [0, 0.05) is 0 Å². The predicted octanol–water partition coefficient (Wildman–Crippen LogP) is 5.03. The quantitative estimate of drug-likeness (QED) is 0.648. The molecule has 0 radical (unpaired) electrons. The van der Waals surface area contributed by atoms with E-state index in [0.29, 0.717) is 11.1 Å². The van der Waals surface area contributed by atoms with E-state index in [0.717, 1.165) is 0 Å². The number of hydrogen-bond acceptors (Lipinski definition) is 0. The van der Waals surface area contributed by atoms with Crippen LogP contribution in [-0.2, 0) is 0 Å². The highest BCUT2D eigenvalue weighted by atomic mass is 29.3. The van der Waals surface area contributed by atoms with E-state index in [1.165, 1.54) is 0 Å². The first kappa shape index (κ1) is 17.3. The monoisotopic (exact) mass is 370 g/mol. The second-order valence-electron chi connectivity index (χ2n) is 7.85. The summed E-state index contributed by atoms with van der Waals surface area (Å²) in [7, 11) is -3.78. The lowest BCUT2D eigenvalue weighted by molar-refractivity contribution is 1.28. The molecule has 0 N–H and O–H groups in total. The topological polar surface area (TPSA) is 0 Å². The van der Waals surface area contributed by atoms with Gasteiger partial charge in [0.25, 0.3) is 0 Å². The molecule has 2 aliphatic carbocycles. The normalized spacial score (nSPS) is 17.5. The molecular weight excluding hydrogens is 344 g/mol. The van der Waals surface area contributed by atoms with Crippen molar-refractivity contribution in [3.63, 3.8) is 0 Å². The molecule has 0 amide bonds. The first-order valence-electron chi connectivity index (χ1n) is 9.48. The molecule has 0 unspecified atom stereocenters. The summed E-state index contributed by atoms with van der Waals surface area (Å²) < 4.78 is 0. The number of rotatable bonds is 5. The smallest absolute Gasteiger partial charge is 0.0806 e. The van der Waals surface area contributed by atoms with Crippen molar-refractivity contribution < 1.29 is 0 Å². The Morgan fingerprint density at radius 3 is 1.35 bits per heavy atom. The summed E-state index contributed by atoms with van der Waals surface area (Å²) in [4.78, 5) is 0. The zero-order valence-electron chi connectivity index (χ0n) is 15.5. The Labute approximate surface area is 159 Å². The maximum absolute atomic E-state index is 2.63. The highest BCUT2D eigenvalue weighted by molar-refractivity contribution is 7.52. The molecule has 0 fully saturated rings. The van der Waals surface area contributed by atoms with Gasteiger partial charge in [0.15, 0.2) is 0 Å². The summed E-state index contributed by atoms with van der Waals surface area (Å²) in [6.07, 6.45) is 18.8. The van der Waals surface area contributed by atoms with E-state index >= 15 is 0 Å². The maximum Gasteiger partial charge on any atom is 0.121 e. The molecule has 0 saturated heterocycles. The fourth-order valence-electron chi connectivity index (χ4n) is 5.02. The standard InChI is InChI=1S/C24H26Si2/c1-25(2,21-13-9-10-14-21)26(24-19-11-12-20-24,22-15-5-3-6-16-22)23-17-7-4-8-18-23/h3-21,24H,1-2H3. The van der Waals surface area contributed by atoms with Gasteiger partial charge in [-0.25, -0.2) is 0 Å². The van der Waals surface area contributed by atoms with Gasteiger partial charge in [-0.3, -0.25) is 0 Å². The van der Waals surface area contributed by atoms with Crippen molar-refractivity contribution in [1.82, 2.24) is 0 Å². The molecule has 0 bridgehead atoms. The van der Waals surface area contributed by atoms with Gasteiger partial charge in [0.2, 0.25) is 0 Å². The van der Waals surface area contributed by atoms with Crippen LogP contribution in [0.2, 0.25) is 24.2 Å². The van der Waals surface area contributed by atoms with Crippen LogP contribution in [-0.4, -0.2) is 15.2 Å². The number of hydrogen-bond donors (Lipinski definition) is 0. The van der Waals surface area contributed by atoms with Crippen LogP contribution >= 0.6 is 0 Å². The van der Waals surface area contributed by atoms with Gasteiger partial charge in [-0.1, -0.05) is 133 Å². The predicted molar refractivity (Wildman–Crippen MR) is 119 cm³/mol. The van der Waals surface area contributed by atoms with Crippen molar-refractivity contribution in [3.8, 4) is 0 Å². The molecule has 0 aromatic heterocycles. The van der Waals surface area contributed by atoms with E-state index in [2.05, 4.69) is 122 Å². The lowest BCUT2D eigenvalue weighted by atomic mass is 10.4. The average Bonchev–Trinajstić information content (AvgIpc) is 3.39. The van der Waals surface area contributed by atoms with Gasteiger partial charge in [-0.15, -0.1) is 0 Å². The van der Waals surface area contributed by atoms with E-state index in [-0.39, 0.29) is 0 Å². The summed E-state index contributed by atoms with van der Waals surface area (Å²) >= 11 is 0. The average molecular weight is 371 g/mol. The van der Waals surface area contributed by atoms with Gasteiger partial charge in [0.05, 0.1) is 7.59 Å². The third-order valence-corrected chi connectivity index (χ3v) is 24.1. The fourth-order valence-corrected chi connectivity index (χ4v) is 23.2. The summed E-state index contributed by atoms with van der Waals surface area (Å²) in [5.74, 6) is 0. The van der Waals surface area contributed by atoms with Gasteiger partial charge in [-0.05, 0) is 11.1 Å². The minimum Gasteiger partial charge on any atom is -0.0806 e. The van der Waals surface area contributed by atoms with Gasteiger partial charge in [0.1, 0.15) is 7.59 Å². The Hall–Kier alpha value is -2.17. The van der Waals surface area contributed by atoms with Gasteiger partial charge >= 0.3 is 0 Å². The zero-order chi connectivity index (χ0) is 18.0. The molecule has 2 aromatic rings. The number of benzene rings is 2. The highest BCUT2D eigenvalue weighted by Gasteiger charge is 2.57. The van der Waals surface area contributed by atoms with Crippen LogP contribution in [0.15, 0.2) is 109 Å². The van der Waals surface area contributed by atoms with Crippen molar-refractivity contribution in [2.75, 3.05) is 0 Å². The van der Waals surface area contributed by atoms with E-state index in [4.69, 9.17) is 0 Å². The number of allylic oxidation sites excluding steroid dienone is 8. The second-order valence-corrected chi connectivity index (χ2v) is 21.6. The molecular formula is C24H26Si2. The van der Waals surface area contributed by atoms with Gasteiger partial charge < -0.3 is 0 Å². The van der Waals surface area contributed by atoms with Crippen LogP contribution in [0.25, 0.3) is 0 Å². The van der Waals surface area contributed by atoms with E-state index < -0.39 is 15.2 Å². The molecule has 2 aliphatic rings. The molecule has 130 valence electrons. The molecule has 0 atom stereocenters. The Morgan fingerprint density at radius 1 is 0.538 bits per heavy atom. The fraction of sp³-hybridized carbons (Fsp3) is 0.167. The van der Waals surface area contributed by atoms with Crippen molar-refractivity contribution in [1.29, 1.82) is 0 Å². The van der Waals surface area contributed by atoms with Crippen LogP contribution < -0.4 is 10.4 Å². The minimum atomic E-state index is -2.04. The molecule has 2 heteroatoms. The third kappa shape index (κ3) is 2.56. The first-order valence-corrected chi connectivity index (χ1v) is 15.6. The zero-order valence-corrected chi connectivity index (χ0v) is 17.5. The van der Waals surface area contributed by atoms with E-state index in [1.807, 2.05) is 0 Å². The Bertz CT molecular complexity index is 809. The van der Waals surface area contributed by atoms with Crippen LogP contribution in [0.3, 0.4) is 0 Å². The Kier molecular flexibility index (Phi) is 4.55. The molecule has 26 heavy (non-hydrogen) atoms. The van der Waals surface area contributed by atoms with E-state index in [9.17, 15) is 0 Å². The molecule has 4 rings (SSSR count). The van der Waals surface area contributed by atoms with Crippen molar-refractivity contribution in [2.45, 2.75) is 24.2 Å². The Morgan fingerprint density at radius 2 is 0.923 bits per heavy atom. The van der Waals surface area contributed by atoms with Crippen molar-refractivity contribution >= 4 is 25.6 Å². The molecule has 0 saturated carbocycles. The summed E-state index contributed by atoms with van der Waals surface area (Å²) in [6.45, 7) is 5.26. The van der Waals surface area contributed by atoms with Crippen LogP contribution in [0, 0.1) is 0 Å². The van der Waals surface area contributed by atoms with Crippen LogP contribution in [0.5, 0.6) is 0 Å². The van der Waals surface area contributed by atoms with E-state index in [1.54, 1.807) is 10.4 Å². The molecule has 0 aliphatic heterocycles. The van der Waals surface area contributed by atoms with Gasteiger partial charge in [-0.2, -0.15) is 0 Å². The molecule has 0 spiro atoms. The highest BCUT2D eigenvalue weighted by Crippen LogP contribution is 2.43. The van der Waals surface area contributed by atoms with Crippen molar-refractivity contribution in [3.05, 3.63) is 109 Å². The maximum atomic E-state index is 2.63. The Balaban J connectivity index is 2.04. The molecule has 0 nitrogen and oxygen atoms in total. The van der Waals surface area contributed by atoms with Crippen molar-refractivity contribution in [2.24, 2.45) is 0 Å². The first-order chi connectivity index (χ1) is 12.7. The largest absolute Gasteiger partial charge is 0.121 e. The SMILES string of the molecule is C[Si](C)(C1C=CC=C1)[Si](c1ccccc1)(c1ccccc1)C1C=CC=C1. The second kappa shape index (κ2) is 6.86. The third-order valence-electron chi connectivity index (χ3n) is 6.30. The summed E-state index contributed by atoms with van der Waals surface area (Å²) in [5.41, 5.74) is 1.12. The molecule has 2 aromatic carbocycles. The summed E-state index contributed by atoms with van der Waals surface area (Å²) in [6, 6.07) is 22.8. The lowest BCUT2D eigenvalue weighted by Gasteiger charge is -2.50. The lowest BCUT2D eigenvalue weighted by Crippen LogP contribution is -2.77. The summed E-state index contributed by atoms with van der Waals surface area (Å²) in [5, 5.41) is 3.16. The van der Waals surface area contributed by atoms with Crippen LogP contribution in [0.4, 0.5) is 0 Å². The molecule has 0 heterocycles.